The van der Waals surface area contributed by atoms with Gasteiger partial charge in [-0.25, -0.2) is 8.78 Å². The molecule has 0 bridgehead atoms. The Hall–Kier alpha value is -3.54. The summed E-state index contributed by atoms with van der Waals surface area (Å²) in [7, 11) is 0. The Morgan fingerprint density at radius 2 is 1.47 bits per heavy atom. The zero-order chi connectivity index (χ0) is 24.7. The van der Waals surface area contributed by atoms with E-state index in [1.165, 1.54) is 23.1 Å². The quantitative estimate of drug-likeness (QED) is 0.507. The normalized spacial score (nSPS) is 12.1. The minimum atomic E-state index is -0.842. The maximum atomic E-state index is 14.3. The van der Waals surface area contributed by atoms with E-state index >= 15 is 0 Å². The Labute approximate surface area is 199 Å². The van der Waals surface area contributed by atoms with Crippen LogP contribution in [0.2, 0.25) is 0 Å². The van der Waals surface area contributed by atoms with Gasteiger partial charge in [0, 0.05) is 18.5 Å². The van der Waals surface area contributed by atoms with Gasteiger partial charge in [-0.15, -0.1) is 0 Å². The molecule has 0 fully saturated rings. The molecule has 0 radical (unpaired) electrons. The summed E-state index contributed by atoms with van der Waals surface area (Å²) in [6, 6.07) is 20.5. The van der Waals surface area contributed by atoms with Crippen LogP contribution in [0.5, 0.6) is 0 Å². The lowest BCUT2D eigenvalue weighted by Crippen LogP contribution is -2.54. The monoisotopic (exact) mass is 464 g/mol. The number of hydrogen-bond donors (Lipinski definition) is 1. The lowest BCUT2D eigenvalue weighted by molar-refractivity contribution is -0.141. The number of carbonyl (C=O) groups excluding carboxylic acids is 2. The van der Waals surface area contributed by atoms with Gasteiger partial charge in [-0.1, -0.05) is 60.7 Å². The molecule has 178 valence electrons. The van der Waals surface area contributed by atoms with Gasteiger partial charge in [-0.05, 0) is 55.7 Å². The maximum absolute atomic E-state index is 14.3. The highest BCUT2D eigenvalue weighted by Crippen LogP contribution is 2.18. The molecule has 6 heteroatoms. The molecule has 1 unspecified atom stereocenters. The molecule has 1 N–H and O–H groups in total. The minimum Gasteiger partial charge on any atom is -0.350 e. The predicted octanol–water partition coefficient (Wildman–Crippen LogP) is 5.06. The van der Waals surface area contributed by atoms with E-state index in [2.05, 4.69) is 5.32 Å². The predicted molar refractivity (Wildman–Crippen MR) is 129 cm³/mol. The minimum absolute atomic E-state index is 0.0859. The second kappa shape index (κ2) is 11.1. The Balaban J connectivity index is 1.99. The molecule has 0 aliphatic carbocycles. The van der Waals surface area contributed by atoms with Crippen LogP contribution in [0, 0.1) is 11.6 Å². The fourth-order valence-electron chi connectivity index (χ4n) is 3.70. The van der Waals surface area contributed by atoms with Crippen molar-refractivity contribution in [3.63, 3.8) is 0 Å². The van der Waals surface area contributed by atoms with Crippen LogP contribution in [-0.2, 0) is 29.0 Å². The first-order valence-electron chi connectivity index (χ1n) is 11.3. The Morgan fingerprint density at radius 1 is 0.853 bits per heavy atom. The zero-order valence-electron chi connectivity index (χ0n) is 19.7. The number of hydrogen-bond acceptors (Lipinski definition) is 2. The van der Waals surface area contributed by atoms with E-state index in [1.54, 1.807) is 30.3 Å². The summed E-state index contributed by atoms with van der Waals surface area (Å²) in [6.07, 6.45) is 0.0922. The zero-order valence-corrected chi connectivity index (χ0v) is 19.7. The summed E-state index contributed by atoms with van der Waals surface area (Å²) in [6.45, 7) is 5.70. The number of nitrogens with one attached hydrogen (secondary N) is 1. The summed E-state index contributed by atoms with van der Waals surface area (Å²) in [5.41, 5.74) is 1.30. The van der Waals surface area contributed by atoms with Crippen LogP contribution < -0.4 is 5.32 Å². The number of benzene rings is 3. The molecular weight excluding hydrogens is 434 g/mol. The van der Waals surface area contributed by atoms with E-state index in [0.29, 0.717) is 5.56 Å². The number of rotatable bonds is 8. The fourth-order valence-corrected chi connectivity index (χ4v) is 3.70. The van der Waals surface area contributed by atoms with Crippen molar-refractivity contribution >= 4 is 11.8 Å². The van der Waals surface area contributed by atoms with Crippen LogP contribution in [0.3, 0.4) is 0 Å². The molecule has 0 spiro atoms. The SMILES string of the molecule is CC(C)(C)NC(=O)C(Cc1ccccc1)N(Cc1ccc(F)cc1)C(=O)Cc1ccccc1F. The third-order valence-electron chi connectivity index (χ3n) is 5.33. The lowest BCUT2D eigenvalue weighted by atomic mass is 9.99. The molecule has 2 amide bonds. The average Bonchev–Trinajstić information content (AvgIpc) is 2.78. The third-order valence-corrected chi connectivity index (χ3v) is 5.33. The molecule has 0 aliphatic heterocycles. The van der Waals surface area contributed by atoms with Crippen molar-refractivity contribution in [2.45, 2.75) is 51.7 Å². The third kappa shape index (κ3) is 7.24. The van der Waals surface area contributed by atoms with Crippen molar-refractivity contribution < 1.29 is 18.4 Å². The van der Waals surface area contributed by atoms with E-state index in [9.17, 15) is 18.4 Å². The molecule has 0 saturated carbocycles. The molecule has 0 aliphatic rings. The van der Waals surface area contributed by atoms with E-state index in [4.69, 9.17) is 0 Å². The molecule has 0 aromatic heterocycles. The number of amides is 2. The summed E-state index contributed by atoms with van der Waals surface area (Å²) in [4.78, 5) is 28.4. The largest absolute Gasteiger partial charge is 0.350 e. The molecule has 3 aromatic rings. The summed E-state index contributed by atoms with van der Waals surface area (Å²) < 4.78 is 27.8. The van der Waals surface area contributed by atoms with Gasteiger partial charge in [-0.3, -0.25) is 9.59 Å². The molecule has 34 heavy (non-hydrogen) atoms. The fraction of sp³-hybridized carbons (Fsp3) is 0.286. The number of halogens is 2. The van der Waals surface area contributed by atoms with Crippen LogP contribution in [-0.4, -0.2) is 28.3 Å². The highest BCUT2D eigenvalue weighted by molar-refractivity contribution is 5.89. The van der Waals surface area contributed by atoms with Crippen molar-refractivity contribution in [2.24, 2.45) is 0 Å². The van der Waals surface area contributed by atoms with E-state index in [1.807, 2.05) is 51.1 Å². The van der Waals surface area contributed by atoms with Crippen LogP contribution in [0.4, 0.5) is 8.78 Å². The number of nitrogens with zero attached hydrogens (tertiary/aromatic N) is 1. The van der Waals surface area contributed by atoms with Gasteiger partial charge >= 0.3 is 0 Å². The first-order valence-corrected chi connectivity index (χ1v) is 11.3. The first-order chi connectivity index (χ1) is 16.1. The van der Waals surface area contributed by atoms with Gasteiger partial charge in [0.05, 0.1) is 6.42 Å². The van der Waals surface area contributed by atoms with Crippen molar-refractivity contribution in [3.8, 4) is 0 Å². The van der Waals surface area contributed by atoms with Gasteiger partial charge in [0.15, 0.2) is 0 Å². The van der Waals surface area contributed by atoms with Crippen molar-refractivity contribution in [1.82, 2.24) is 10.2 Å². The Morgan fingerprint density at radius 3 is 2.09 bits per heavy atom. The average molecular weight is 465 g/mol. The second-order valence-corrected chi connectivity index (χ2v) is 9.36. The topological polar surface area (TPSA) is 49.4 Å². The van der Waals surface area contributed by atoms with Crippen molar-refractivity contribution in [3.05, 3.63) is 107 Å². The van der Waals surface area contributed by atoms with Crippen molar-refractivity contribution in [2.75, 3.05) is 0 Å². The van der Waals surface area contributed by atoms with Crippen molar-refractivity contribution in [1.29, 1.82) is 0 Å². The maximum Gasteiger partial charge on any atom is 0.243 e. The molecule has 4 nitrogen and oxygen atoms in total. The molecule has 3 rings (SSSR count). The standard InChI is InChI=1S/C28H30F2N2O2/c1-28(2,3)31-27(34)25(17-20-9-5-4-6-10-20)32(19-21-13-15-23(29)16-14-21)26(33)18-22-11-7-8-12-24(22)30/h4-16,25H,17-19H2,1-3H3,(H,31,34). The highest BCUT2D eigenvalue weighted by atomic mass is 19.1. The van der Waals surface area contributed by atoms with Gasteiger partial charge in [0.25, 0.3) is 0 Å². The smallest absolute Gasteiger partial charge is 0.243 e. The first kappa shape index (κ1) is 25.1. The lowest BCUT2D eigenvalue weighted by Gasteiger charge is -2.34. The molecular formula is C28H30F2N2O2. The van der Waals surface area contributed by atoms with Crippen LogP contribution in [0.15, 0.2) is 78.9 Å². The van der Waals surface area contributed by atoms with Gasteiger partial charge < -0.3 is 10.2 Å². The summed E-state index contributed by atoms with van der Waals surface area (Å²) in [5, 5.41) is 2.98. The van der Waals surface area contributed by atoms with Crippen LogP contribution in [0.25, 0.3) is 0 Å². The molecule has 0 heterocycles. The van der Waals surface area contributed by atoms with Gasteiger partial charge in [-0.2, -0.15) is 0 Å². The van der Waals surface area contributed by atoms with Gasteiger partial charge in [0.2, 0.25) is 11.8 Å². The van der Waals surface area contributed by atoms with Gasteiger partial charge in [0.1, 0.15) is 17.7 Å². The molecule has 0 saturated heterocycles. The van der Waals surface area contributed by atoms with Crippen LogP contribution >= 0.6 is 0 Å². The summed E-state index contributed by atoms with van der Waals surface area (Å²) in [5.74, 6) is -1.56. The van der Waals surface area contributed by atoms with Crippen LogP contribution in [0.1, 0.15) is 37.5 Å². The summed E-state index contributed by atoms with van der Waals surface area (Å²) >= 11 is 0. The van der Waals surface area contributed by atoms with E-state index < -0.39 is 17.4 Å². The Kier molecular flexibility index (Phi) is 8.16. The Bertz CT molecular complexity index is 1110. The van der Waals surface area contributed by atoms with E-state index in [-0.39, 0.29) is 42.6 Å². The number of carbonyl (C=O) groups is 2. The second-order valence-electron chi connectivity index (χ2n) is 9.36. The molecule has 1 atom stereocenters. The highest BCUT2D eigenvalue weighted by Gasteiger charge is 2.32. The molecule has 3 aromatic carbocycles. The van der Waals surface area contributed by atoms with E-state index in [0.717, 1.165) is 5.56 Å².